The lowest BCUT2D eigenvalue weighted by Gasteiger charge is -2.19. The van der Waals surface area contributed by atoms with Crippen LogP contribution in [0.25, 0.3) is 0 Å². The second-order valence-electron chi connectivity index (χ2n) is 4.82. The number of carbonyl (C=O) groups is 2. The average Bonchev–Trinajstić information content (AvgIpc) is 2.55. The summed E-state index contributed by atoms with van der Waals surface area (Å²) in [5.41, 5.74) is 5.41. The Morgan fingerprint density at radius 1 is 1.06 bits per heavy atom. The molecule has 1 saturated carbocycles. The van der Waals surface area contributed by atoms with Gasteiger partial charge in [-0.25, -0.2) is 0 Å². The van der Waals surface area contributed by atoms with Crippen LogP contribution in [0.1, 0.15) is 38.5 Å². The van der Waals surface area contributed by atoms with E-state index in [9.17, 15) is 9.59 Å². The Bertz CT molecular complexity index is 267. The van der Waals surface area contributed by atoms with Gasteiger partial charge >= 0.3 is 0 Å². The maximum Gasteiger partial charge on any atom is 0.233 e. The molecule has 1 aliphatic heterocycles. The Morgan fingerprint density at radius 3 is 2.12 bits per heavy atom. The summed E-state index contributed by atoms with van der Waals surface area (Å²) in [5, 5.41) is 0. The van der Waals surface area contributed by atoms with Gasteiger partial charge in [0.1, 0.15) is 0 Å². The Labute approximate surface area is 96.2 Å². The highest BCUT2D eigenvalue weighted by atomic mass is 16.2. The van der Waals surface area contributed by atoms with Crippen molar-refractivity contribution in [3.8, 4) is 0 Å². The van der Waals surface area contributed by atoms with Gasteiger partial charge in [0, 0.05) is 6.54 Å². The fourth-order valence-electron chi connectivity index (χ4n) is 2.87. The minimum atomic E-state index is -0.000809. The van der Waals surface area contributed by atoms with Crippen molar-refractivity contribution in [2.24, 2.45) is 17.6 Å². The number of carbonyl (C=O) groups excluding carboxylic acids is 2. The monoisotopic (exact) mass is 224 g/mol. The van der Waals surface area contributed by atoms with Gasteiger partial charge in [-0.2, -0.15) is 0 Å². The number of rotatable bonds is 4. The van der Waals surface area contributed by atoms with Crippen molar-refractivity contribution in [3.05, 3.63) is 0 Å². The standard InChI is InChI=1S/C12H20N2O2/c13-7-3-4-8-14-11(15)9-5-1-2-6-10(9)12(14)16/h9-10H,1-8,13H2. The van der Waals surface area contributed by atoms with Gasteiger partial charge in [0.15, 0.2) is 0 Å². The Morgan fingerprint density at radius 2 is 1.62 bits per heavy atom. The Hall–Kier alpha value is -0.900. The fourth-order valence-corrected chi connectivity index (χ4v) is 2.87. The summed E-state index contributed by atoms with van der Waals surface area (Å²) in [6, 6.07) is 0. The van der Waals surface area contributed by atoms with E-state index in [-0.39, 0.29) is 23.7 Å². The van der Waals surface area contributed by atoms with E-state index in [2.05, 4.69) is 0 Å². The fraction of sp³-hybridized carbons (Fsp3) is 0.833. The van der Waals surface area contributed by atoms with Gasteiger partial charge in [0.25, 0.3) is 0 Å². The SMILES string of the molecule is NCCCCN1C(=O)C2CCCCC2C1=O. The number of imide groups is 1. The van der Waals surface area contributed by atoms with Crippen LogP contribution >= 0.6 is 0 Å². The van der Waals surface area contributed by atoms with Crippen LogP contribution < -0.4 is 5.73 Å². The van der Waals surface area contributed by atoms with Gasteiger partial charge in [-0.05, 0) is 32.2 Å². The molecule has 0 spiro atoms. The molecule has 2 aliphatic rings. The predicted octanol–water partition coefficient (Wildman–Crippen LogP) is 0.900. The molecule has 4 heteroatoms. The predicted molar refractivity (Wildman–Crippen MR) is 60.5 cm³/mol. The van der Waals surface area contributed by atoms with E-state index >= 15 is 0 Å². The first-order valence-electron chi connectivity index (χ1n) is 6.31. The highest BCUT2D eigenvalue weighted by Gasteiger charge is 2.47. The molecule has 0 aromatic carbocycles. The largest absolute Gasteiger partial charge is 0.330 e. The third-order valence-electron chi connectivity index (χ3n) is 3.77. The van der Waals surface area contributed by atoms with Gasteiger partial charge in [0.2, 0.25) is 11.8 Å². The summed E-state index contributed by atoms with van der Waals surface area (Å²) >= 11 is 0. The molecule has 2 rings (SSSR count). The smallest absolute Gasteiger partial charge is 0.233 e. The molecule has 2 fully saturated rings. The molecule has 2 atom stereocenters. The number of hydrogen-bond acceptors (Lipinski definition) is 3. The molecule has 1 saturated heterocycles. The molecule has 0 bridgehead atoms. The molecule has 0 aromatic heterocycles. The molecule has 0 radical (unpaired) electrons. The minimum Gasteiger partial charge on any atom is -0.330 e. The van der Waals surface area contributed by atoms with E-state index in [0.717, 1.165) is 38.5 Å². The number of nitrogens with two attached hydrogens (primary N) is 1. The van der Waals surface area contributed by atoms with E-state index in [1.807, 2.05) is 0 Å². The zero-order valence-electron chi connectivity index (χ0n) is 9.65. The molecule has 4 nitrogen and oxygen atoms in total. The topological polar surface area (TPSA) is 63.4 Å². The van der Waals surface area contributed by atoms with Gasteiger partial charge in [-0.3, -0.25) is 14.5 Å². The van der Waals surface area contributed by atoms with Crippen LogP contribution in [0, 0.1) is 11.8 Å². The van der Waals surface area contributed by atoms with E-state index in [1.165, 1.54) is 4.90 Å². The summed E-state index contributed by atoms with van der Waals surface area (Å²) in [7, 11) is 0. The highest BCUT2D eigenvalue weighted by molar-refractivity contribution is 6.05. The molecule has 1 heterocycles. The third-order valence-corrected chi connectivity index (χ3v) is 3.77. The van der Waals surface area contributed by atoms with Crippen LogP contribution in [0.2, 0.25) is 0 Å². The maximum absolute atomic E-state index is 12.0. The highest BCUT2D eigenvalue weighted by Crippen LogP contribution is 2.37. The zero-order valence-corrected chi connectivity index (χ0v) is 9.65. The summed E-state index contributed by atoms with van der Waals surface area (Å²) in [6.07, 6.45) is 5.72. The lowest BCUT2D eigenvalue weighted by Crippen LogP contribution is -2.32. The first-order valence-corrected chi connectivity index (χ1v) is 6.31. The van der Waals surface area contributed by atoms with E-state index in [1.54, 1.807) is 0 Å². The van der Waals surface area contributed by atoms with Crippen molar-refractivity contribution in [1.29, 1.82) is 0 Å². The van der Waals surface area contributed by atoms with Gasteiger partial charge in [-0.15, -0.1) is 0 Å². The first kappa shape index (κ1) is 11.6. The Balaban J connectivity index is 1.98. The molecule has 90 valence electrons. The summed E-state index contributed by atoms with van der Waals surface area (Å²) in [4.78, 5) is 25.5. The summed E-state index contributed by atoms with van der Waals surface area (Å²) in [6.45, 7) is 1.20. The van der Waals surface area contributed by atoms with Gasteiger partial charge in [-0.1, -0.05) is 12.8 Å². The number of likely N-dealkylation sites (tertiary alicyclic amines) is 1. The van der Waals surface area contributed by atoms with Crippen LogP contribution in [0.5, 0.6) is 0 Å². The van der Waals surface area contributed by atoms with Crippen molar-refractivity contribution < 1.29 is 9.59 Å². The summed E-state index contributed by atoms with van der Waals surface area (Å²) in [5.74, 6) is 0.150. The van der Waals surface area contributed by atoms with Crippen LogP contribution in [-0.2, 0) is 9.59 Å². The number of hydrogen-bond donors (Lipinski definition) is 1. The number of unbranched alkanes of at least 4 members (excludes halogenated alkanes) is 1. The maximum atomic E-state index is 12.0. The normalized spacial score (nSPS) is 29.7. The van der Waals surface area contributed by atoms with Crippen molar-refractivity contribution in [3.63, 3.8) is 0 Å². The summed E-state index contributed by atoms with van der Waals surface area (Å²) < 4.78 is 0. The molecule has 1 aliphatic carbocycles. The zero-order chi connectivity index (χ0) is 11.5. The molecule has 2 unspecified atom stereocenters. The van der Waals surface area contributed by atoms with Crippen LogP contribution in [0.15, 0.2) is 0 Å². The third kappa shape index (κ3) is 1.98. The van der Waals surface area contributed by atoms with Crippen molar-refractivity contribution in [1.82, 2.24) is 4.90 Å². The van der Waals surface area contributed by atoms with Crippen molar-refractivity contribution >= 4 is 11.8 Å². The lowest BCUT2D eigenvalue weighted by molar-refractivity contribution is -0.139. The Kier molecular flexibility index (Phi) is 3.59. The van der Waals surface area contributed by atoms with Gasteiger partial charge in [0.05, 0.1) is 11.8 Å². The number of fused-ring (bicyclic) bond motifs is 1. The molecule has 0 aromatic rings. The molecular weight excluding hydrogens is 204 g/mol. The van der Waals surface area contributed by atoms with Crippen LogP contribution in [0.4, 0.5) is 0 Å². The van der Waals surface area contributed by atoms with E-state index < -0.39 is 0 Å². The molecular formula is C12H20N2O2. The quantitative estimate of drug-likeness (QED) is 0.570. The second-order valence-corrected chi connectivity index (χ2v) is 4.82. The van der Waals surface area contributed by atoms with Crippen LogP contribution in [-0.4, -0.2) is 29.8 Å². The first-order chi connectivity index (χ1) is 7.75. The number of nitrogens with zero attached hydrogens (tertiary/aromatic N) is 1. The van der Waals surface area contributed by atoms with Crippen LogP contribution in [0.3, 0.4) is 0 Å². The van der Waals surface area contributed by atoms with Crippen molar-refractivity contribution in [2.75, 3.05) is 13.1 Å². The lowest BCUT2D eigenvalue weighted by atomic mass is 9.81. The second kappa shape index (κ2) is 4.95. The van der Waals surface area contributed by atoms with Gasteiger partial charge < -0.3 is 5.73 Å². The molecule has 16 heavy (non-hydrogen) atoms. The van der Waals surface area contributed by atoms with E-state index in [0.29, 0.717) is 13.1 Å². The molecule has 2 N–H and O–H groups in total. The molecule has 2 amide bonds. The van der Waals surface area contributed by atoms with Crippen molar-refractivity contribution in [2.45, 2.75) is 38.5 Å². The number of amides is 2. The average molecular weight is 224 g/mol. The minimum absolute atomic E-state index is 0.000809. The van der Waals surface area contributed by atoms with E-state index in [4.69, 9.17) is 5.73 Å².